The zero-order valence-corrected chi connectivity index (χ0v) is 12.8. The van der Waals surface area contributed by atoms with Crippen molar-refractivity contribution in [3.8, 4) is 11.4 Å². The van der Waals surface area contributed by atoms with Gasteiger partial charge in [0.1, 0.15) is 5.82 Å². The van der Waals surface area contributed by atoms with Gasteiger partial charge in [0.15, 0.2) is 5.82 Å². The van der Waals surface area contributed by atoms with Crippen molar-refractivity contribution in [1.82, 2.24) is 9.97 Å². The molecule has 1 saturated carbocycles. The third-order valence-corrected chi connectivity index (χ3v) is 4.07. The summed E-state index contributed by atoms with van der Waals surface area (Å²) in [5, 5.41) is 24.0. The number of non-ortho nitro benzene ring substituents is 1. The van der Waals surface area contributed by atoms with Gasteiger partial charge in [0.25, 0.3) is 5.69 Å². The van der Waals surface area contributed by atoms with E-state index in [-0.39, 0.29) is 5.69 Å². The van der Waals surface area contributed by atoms with Crippen LogP contribution < -0.4 is 5.32 Å². The normalized spacial score (nSPS) is 15.7. The standard InChI is InChI=1S/C16H18N4O3/c1-11-9-14(17-10-16(21)7-2-8-16)19-15(18-11)12-3-5-13(6-4-12)20(22)23/h3-6,9,21H,2,7-8,10H2,1H3,(H,17,18,19). The Labute approximate surface area is 133 Å². The topological polar surface area (TPSA) is 101 Å². The van der Waals surface area contributed by atoms with Crippen LogP contribution in [-0.4, -0.2) is 32.1 Å². The highest BCUT2D eigenvalue weighted by molar-refractivity contribution is 5.59. The van der Waals surface area contributed by atoms with E-state index in [9.17, 15) is 15.2 Å². The minimum absolute atomic E-state index is 0.0342. The molecule has 3 rings (SSSR count). The van der Waals surface area contributed by atoms with E-state index in [1.807, 2.05) is 13.0 Å². The highest BCUT2D eigenvalue weighted by atomic mass is 16.6. The Morgan fingerprint density at radius 2 is 2.00 bits per heavy atom. The molecule has 0 bridgehead atoms. The first kappa shape index (κ1) is 15.4. The molecular weight excluding hydrogens is 296 g/mol. The van der Waals surface area contributed by atoms with Crippen LogP contribution in [0.4, 0.5) is 11.5 Å². The van der Waals surface area contributed by atoms with Gasteiger partial charge < -0.3 is 10.4 Å². The molecular formula is C16H18N4O3. The molecule has 1 aliphatic rings. The molecule has 2 N–H and O–H groups in total. The van der Waals surface area contributed by atoms with Gasteiger partial charge in [-0.25, -0.2) is 9.97 Å². The van der Waals surface area contributed by atoms with Crippen LogP contribution in [0.3, 0.4) is 0 Å². The van der Waals surface area contributed by atoms with Crippen molar-refractivity contribution in [3.05, 3.63) is 46.1 Å². The largest absolute Gasteiger partial charge is 0.388 e. The van der Waals surface area contributed by atoms with Gasteiger partial charge in [-0.2, -0.15) is 0 Å². The Morgan fingerprint density at radius 1 is 1.30 bits per heavy atom. The number of aromatic nitrogens is 2. The molecule has 0 amide bonds. The van der Waals surface area contributed by atoms with Gasteiger partial charge in [-0.1, -0.05) is 0 Å². The van der Waals surface area contributed by atoms with E-state index >= 15 is 0 Å². The van der Waals surface area contributed by atoms with Gasteiger partial charge in [0.05, 0.1) is 10.5 Å². The van der Waals surface area contributed by atoms with Gasteiger partial charge in [-0.15, -0.1) is 0 Å². The van der Waals surface area contributed by atoms with Gasteiger partial charge >= 0.3 is 0 Å². The van der Waals surface area contributed by atoms with Crippen molar-refractivity contribution >= 4 is 11.5 Å². The van der Waals surface area contributed by atoms with Crippen LogP contribution in [-0.2, 0) is 0 Å². The van der Waals surface area contributed by atoms with Crippen molar-refractivity contribution in [1.29, 1.82) is 0 Å². The van der Waals surface area contributed by atoms with Gasteiger partial charge in [0.2, 0.25) is 0 Å². The predicted octanol–water partition coefficient (Wildman–Crippen LogP) is 2.69. The first-order chi connectivity index (χ1) is 11.0. The Morgan fingerprint density at radius 3 is 2.57 bits per heavy atom. The molecule has 0 unspecified atom stereocenters. The number of hydrogen-bond donors (Lipinski definition) is 2. The molecule has 0 saturated heterocycles. The van der Waals surface area contributed by atoms with Crippen LogP contribution in [0.15, 0.2) is 30.3 Å². The third kappa shape index (κ3) is 3.45. The van der Waals surface area contributed by atoms with Crippen molar-refractivity contribution < 1.29 is 10.0 Å². The quantitative estimate of drug-likeness (QED) is 0.650. The molecule has 1 heterocycles. The first-order valence-corrected chi connectivity index (χ1v) is 7.52. The first-order valence-electron chi connectivity index (χ1n) is 7.52. The maximum absolute atomic E-state index is 10.7. The summed E-state index contributed by atoms with van der Waals surface area (Å²) in [6.07, 6.45) is 2.66. The number of aryl methyl sites for hydroxylation is 1. The van der Waals surface area contributed by atoms with Crippen molar-refractivity contribution in [2.75, 3.05) is 11.9 Å². The van der Waals surface area contributed by atoms with E-state index in [0.29, 0.717) is 23.8 Å². The van der Waals surface area contributed by atoms with Crippen molar-refractivity contribution in [2.24, 2.45) is 0 Å². The number of anilines is 1. The van der Waals surface area contributed by atoms with Crippen molar-refractivity contribution in [2.45, 2.75) is 31.8 Å². The number of nitrogens with zero attached hydrogens (tertiary/aromatic N) is 3. The number of aliphatic hydroxyl groups is 1. The summed E-state index contributed by atoms with van der Waals surface area (Å²) in [4.78, 5) is 19.1. The molecule has 1 aromatic carbocycles. The van der Waals surface area contributed by atoms with Gasteiger partial charge in [-0.3, -0.25) is 10.1 Å². The highest BCUT2D eigenvalue weighted by Gasteiger charge is 2.34. The Hall–Kier alpha value is -2.54. The van der Waals surface area contributed by atoms with E-state index < -0.39 is 10.5 Å². The SMILES string of the molecule is Cc1cc(NCC2(O)CCC2)nc(-c2ccc([N+](=O)[O-])cc2)n1. The van der Waals surface area contributed by atoms with Crippen LogP contribution in [0.1, 0.15) is 25.0 Å². The summed E-state index contributed by atoms with van der Waals surface area (Å²) in [7, 11) is 0. The highest BCUT2D eigenvalue weighted by Crippen LogP contribution is 2.31. The van der Waals surface area contributed by atoms with Gasteiger partial charge in [-0.05, 0) is 38.3 Å². The Bertz CT molecular complexity index is 727. The summed E-state index contributed by atoms with van der Waals surface area (Å²) in [6.45, 7) is 2.32. The monoisotopic (exact) mass is 314 g/mol. The fourth-order valence-corrected chi connectivity index (χ4v) is 2.54. The maximum atomic E-state index is 10.7. The van der Waals surface area contributed by atoms with Crippen LogP contribution in [0.5, 0.6) is 0 Å². The lowest BCUT2D eigenvalue weighted by Crippen LogP contribution is -2.43. The molecule has 0 atom stereocenters. The zero-order chi connectivity index (χ0) is 16.4. The molecule has 0 radical (unpaired) electrons. The fraction of sp³-hybridized carbons (Fsp3) is 0.375. The number of benzene rings is 1. The van der Waals surface area contributed by atoms with Crippen molar-refractivity contribution in [3.63, 3.8) is 0 Å². The summed E-state index contributed by atoms with van der Waals surface area (Å²) >= 11 is 0. The summed E-state index contributed by atoms with van der Waals surface area (Å²) < 4.78 is 0. The molecule has 0 spiro atoms. The van der Waals surface area contributed by atoms with Crippen LogP contribution >= 0.6 is 0 Å². The minimum atomic E-state index is -0.633. The van der Waals surface area contributed by atoms with E-state index in [1.54, 1.807) is 12.1 Å². The predicted molar refractivity (Wildman–Crippen MR) is 86.1 cm³/mol. The van der Waals surface area contributed by atoms with Crippen LogP contribution in [0.2, 0.25) is 0 Å². The molecule has 0 aliphatic heterocycles. The molecule has 1 fully saturated rings. The second-order valence-electron chi connectivity index (χ2n) is 5.95. The number of nitro benzene ring substituents is 1. The second-order valence-corrected chi connectivity index (χ2v) is 5.95. The molecule has 1 aliphatic carbocycles. The van der Waals surface area contributed by atoms with Gasteiger partial charge in [0, 0.05) is 36.0 Å². The summed E-state index contributed by atoms with van der Waals surface area (Å²) in [5.41, 5.74) is 0.903. The van der Waals surface area contributed by atoms with E-state index in [1.165, 1.54) is 12.1 Å². The second kappa shape index (κ2) is 5.92. The number of hydrogen-bond acceptors (Lipinski definition) is 6. The summed E-state index contributed by atoms with van der Waals surface area (Å²) in [6, 6.07) is 7.96. The lowest BCUT2D eigenvalue weighted by molar-refractivity contribution is -0.384. The molecule has 2 aromatic rings. The maximum Gasteiger partial charge on any atom is 0.269 e. The zero-order valence-electron chi connectivity index (χ0n) is 12.8. The number of nitro groups is 1. The Kier molecular flexibility index (Phi) is 3.96. The minimum Gasteiger partial charge on any atom is -0.388 e. The smallest absolute Gasteiger partial charge is 0.269 e. The third-order valence-electron chi connectivity index (χ3n) is 4.07. The lowest BCUT2D eigenvalue weighted by atomic mass is 9.80. The number of nitrogens with one attached hydrogen (secondary N) is 1. The molecule has 7 nitrogen and oxygen atoms in total. The van der Waals surface area contributed by atoms with Crippen LogP contribution in [0.25, 0.3) is 11.4 Å². The average molecular weight is 314 g/mol. The van der Waals surface area contributed by atoms with E-state index in [4.69, 9.17) is 0 Å². The fourth-order valence-electron chi connectivity index (χ4n) is 2.54. The number of rotatable bonds is 5. The van der Waals surface area contributed by atoms with E-state index in [0.717, 1.165) is 25.0 Å². The van der Waals surface area contributed by atoms with E-state index in [2.05, 4.69) is 15.3 Å². The average Bonchev–Trinajstić information content (AvgIpc) is 2.50. The Balaban J connectivity index is 1.80. The molecule has 23 heavy (non-hydrogen) atoms. The molecule has 7 heteroatoms. The molecule has 120 valence electrons. The summed E-state index contributed by atoms with van der Waals surface area (Å²) in [5.74, 6) is 1.15. The van der Waals surface area contributed by atoms with Crippen LogP contribution in [0, 0.1) is 17.0 Å². The molecule has 1 aromatic heterocycles. The lowest BCUT2D eigenvalue weighted by Gasteiger charge is -2.36.